The van der Waals surface area contributed by atoms with Crippen LogP contribution in [0.25, 0.3) is 0 Å². The number of carbonyl (C=O) groups excluding carboxylic acids is 1. The van der Waals surface area contributed by atoms with Crippen molar-refractivity contribution in [1.29, 1.82) is 0 Å². The molecule has 2 atom stereocenters. The summed E-state index contributed by atoms with van der Waals surface area (Å²) in [7, 11) is 0. The first-order valence-electron chi connectivity index (χ1n) is 8.22. The van der Waals surface area contributed by atoms with E-state index in [0.29, 0.717) is 5.91 Å². The predicted octanol–water partition coefficient (Wildman–Crippen LogP) is 1.56. The highest BCUT2D eigenvalue weighted by molar-refractivity contribution is 5.79. The van der Waals surface area contributed by atoms with Gasteiger partial charge in [-0.05, 0) is 43.5 Å². The zero-order chi connectivity index (χ0) is 15.5. The van der Waals surface area contributed by atoms with Gasteiger partial charge in [0.15, 0.2) is 0 Å². The molecule has 0 spiro atoms. The van der Waals surface area contributed by atoms with E-state index in [1.807, 2.05) is 17.0 Å². The van der Waals surface area contributed by atoms with Gasteiger partial charge in [0.1, 0.15) is 5.75 Å². The lowest BCUT2D eigenvalue weighted by Crippen LogP contribution is -2.51. The molecule has 5 heteroatoms. The fraction of sp³-hybridized carbons (Fsp3) is 0.588. The van der Waals surface area contributed by atoms with Crippen LogP contribution in [-0.2, 0) is 4.79 Å². The number of hydrogen-bond acceptors (Lipinski definition) is 4. The van der Waals surface area contributed by atoms with Gasteiger partial charge in [0.25, 0.3) is 0 Å². The zero-order valence-corrected chi connectivity index (χ0v) is 12.9. The number of rotatable bonds is 2. The van der Waals surface area contributed by atoms with Crippen molar-refractivity contribution in [3.8, 4) is 5.75 Å². The number of benzene rings is 1. The molecule has 1 saturated carbocycles. The van der Waals surface area contributed by atoms with Gasteiger partial charge in [-0.25, -0.2) is 0 Å². The molecule has 2 aliphatic rings. The molecule has 1 amide bonds. The van der Waals surface area contributed by atoms with Crippen LogP contribution in [0.2, 0.25) is 0 Å². The number of aromatic hydroxyl groups is 1. The number of phenols is 1. The van der Waals surface area contributed by atoms with E-state index in [4.69, 9.17) is 5.73 Å². The average molecular weight is 303 g/mol. The summed E-state index contributed by atoms with van der Waals surface area (Å²) in [6.07, 6.45) is 3.96. The van der Waals surface area contributed by atoms with Gasteiger partial charge in [-0.15, -0.1) is 0 Å². The first-order valence-corrected chi connectivity index (χ1v) is 8.22. The summed E-state index contributed by atoms with van der Waals surface area (Å²) in [4.78, 5) is 16.9. The van der Waals surface area contributed by atoms with E-state index in [2.05, 4.69) is 4.90 Å². The molecule has 2 unspecified atom stereocenters. The van der Waals surface area contributed by atoms with Crippen molar-refractivity contribution in [3.05, 3.63) is 24.3 Å². The molecule has 1 aromatic carbocycles. The summed E-state index contributed by atoms with van der Waals surface area (Å²) < 4.78 is 0. The van der Waals surface area contributed by atoms with Crippen LogP contribution < -0.4 is 10.6 Å². The van der Waals surface area contributed by atoms with Crippen molar-refractivity contribution >= 4 is 11.6 Å². The highest BCUT2D eigenvalue weighted by Gasteiger charge is 2.30. The standard InChI is InChI=1S/C17H25N3O2/c18-14-3-1-2-13(12-14)17(22)20-10-8-19(9-11-20)15-4-6-16(21)7-5-15/h4-7,13-14,21H,1-3,8-12,18H2. The van der Waals surface area contributed by atoms with Crippen molar-refractivity contribution in [2.24, 2.45) is 11.7 Å². The summed E-state index contributed by atoms with van der Waals surface area (Å²) in [6, 6.07) is 7.45. The largest absolute Gasteiger partial charge is 0.508 e. The number of piperazine rings is 1. The normalized spacial score (nSPS) is 26.0. The number of carbonyl (C=O) groups is 1. The highest BCUT2D eigenvalue weighted by atomic mass is 16.3. The second-order valence-corrected chi connectivity index (χ2v) is 6.45. The van der Waals surface area contributed by atoms with Crippen LogP contribution in [0.4, 0.5) is 5.69 Å². The van der Waals surface area contributed by atoms with Crippen LogP contribution in [0.1, 0.15) is 25.7 Å². The van der Waals surface area contributed by atoms with Gasteiger partial charge in [-0.1, -0.05) is 6.42 Å². The fourth-order valence-electron chi connectivity index (χ4n) is 3.56. The Morgan fingerprint density at radius 2 is 1.77 bits per heavy atom. The lowest BCUT2D eigenvalue weighted by atomic mass is 9.85. The highest BCUT2D eigenvalue weighted by Crippen LogP contribution is 2.26. The van der Waals surface area contributed by atoms with Gasteiger partial charge in [0.05, 0.1) is 0 Å². The SMILES string of the molecule is NC1CCCC(C(=O)N2CCN(c3ccc(O)cc3)CC2)C1. The maximum atomic E-state index is 12.6. The van der Waals surface area contributed by atoms with Crippen molar-refractivity contribution in [3.63, 3.8) is 0 Å². The number of phenolic OH excluding ortho intramolecular Hbond substituents is 1. The van der Waals surface area contributed by atoms with Crippen LogP contribution in [-0.4, -0.2) is 48.1 Å². The van der Waals surface area contributed by atoms with Crippen molar-refractivity contribution < 1.29 is 9.90 Å². The lowest BCUT2D eigenvalue weighted by molar-refractivity contribution is -0.137. The Hall–Kier alpha value is -1.75. The first kappa shape index (κ1) is 15.2. The Morgan fingerprint density at radius 1 is 1.09 bits per heavy atom. The molecule has 22 heavy (non-hydrogen) atoms. The van der Waals surface area contributed by atoms with E-state index < -0.39 is 0 Å². The topological polar surface area (TPSA) is 69.8 Å². The second kappa shape index (κ2) is 6.57. The summed E-state index contributed by atoms with van der Waals surface area (Å²) in [6.45, 7) is 3.22. The molecule has 1 aromatic rings. The minimum atomic E-state index is 0.129. The van der Waals surface area contributed by atoms with E-state index in [1.54, 1.807) is 12.1 Å². The molecule has 1 saturated heterocycles. The van der Waals surface area contributed by atoms with Crippen LogP contribution in [0.5, 0.6) is 5.75 Å². The maximum absolute atomic E-state index is 12.6. The van der Waals surface area contributed by atoms with Gasteiger partial charge in [-0.2, -0.15) is 0 Å². The minimum absolute atomic E-state index is 0.129. The third-order valence-corrected chi connectivity index (χ3v) is 4.87. The van der Waals surface area contributed by atoms with Gasteiger partial charge in [0, 0.05) is 43.8 Å². The van der Waals surface area contributed by atoms with Crippen LogP contribution in [0.15, 0.2) is 24.3 Å². The number of nitrogens with two attached hydrogens (primary N) is 1. The van der Waals surface area contributed by atoms with E-state index in [9.17, 15) is 9.90 Å². The molecule has 0 aromatic heterocycles. The number of anilines is 1. The Kier molecular flexibility index (Phi) is 4.52. The molecule has 1 heterocycles. The van der Waals surface area contributed by atoms with E-state index >= 15 is 0 Å². The van der Waals surface area contributed by atoms with Gasteiger partial charge >= 0.3 is 0 Å². The lowest BCUT2D eigenvalue weighted by Gasteiger charge is -2.38. The number of amides is 1. The molecule has 120 valence electrons. The monoisotopic (exact) mass is 303 g/mol. The smallest absolute Gasteiger partial charge is 0.225 e. The van der Waals surface area contributed by atoms with E-state index in [-0.39, 0.29) is 17.7 Å². The van der Waals surface area contributed by atoms with Crippen LogP contribution in [0, 0.1) is 5.92 Å². The Balaban J connectivity index is 1.55. The first-order chi connectivity index (χ1) is 10.6. The van der Waals surface area contributed by atoms with Gasteiger partial charge in [0.2, 0.25) is 5.91 Å². The molecule has 0 radical (unpaired) electrons. The molecular weight excluding hydrogens is 278 g/mol. The quantitative estimate of drug-likeness (QED) is 0.870. The molecule has 0 bridgehead atoms. The zero-order valence-electron chi connectivity index (χ0n) is 12.9. The van der Waals surface area contributed by atoms with Crippen molar-refractivity contribution in [2.75, 3.05) is 31.1 Å². The Labute approximate surface area is 131 Å². The Morgan fingerprint density at radius 3 is 2.41 bits per heavy atom. The van der Waals surface area contributed by atoms with Crippen LogP contribution in [0.3, 0.4) is 0 Å². The van der Waals surface area contributed by atoms with Gasteiger partial charge < -0.3 is 20.6 Å². The van der Waals surface area contributed by atoms with Crippen molar-refractivity contribution in [1.82, 2.24) is 4.90 Å². The summed E-state index contributed by atoms with van der Waals surface area (Å²) in [5.41, 5.74) is 7.10. The van der Waals surface area contributed by atoms with E-state index in [0.717, 1.165) is 57.5 Å². The molecular formula is C17H25N3O2. The molecule has 3 rings (SSSR count). The van der Waals surface area contributed by atoms with Crippen molar-refractivity contribution in [2.45, 2.75) is 31.7 Å². The summed E-state index contributed by atoms with van der Waals surface area (Å²) in [5, 5.41) is 9.35. The van der Waals surface area contributed by atoms with Crippen LogP contribution >= 0.6 is 0 Å². The number of nitrogens with zero attached hydrogens (tertiary/aromatic N) is 2. The van der Waals surface area contributed by atoms with Gasteiger partial charge in [-0.3, -0.25) is 4.79 Å². The molecule has 3 N–H and O–H groups in total. The molecule has 1 aliphatic heterocycles. The molecule has 5 nitrogen and oxygen atoms in total. The molecule has 2 fully saturated rings. The third-order valence-electron chi connectivity index (χ3n) is 4.87. The minimum Gasteiger partial charge on any atom is -0.508 e. The molecule has 1 aliphatic carbocycles. The average Bonchev–Trinajstić information content (AvgIpc) is 2.55. The summed E-state index contributed by atoms with van der Waals surface area (Å²) in [5.74, 6) is 0.704. The predicted molar refractivity (Wildman–Crippen MR) is 86.8 cm³/mol. The second-order valence-electron chi connectivity index (χ2n) is 6.45. The third kappa shape index (κ3) is 3.35. The number of hydrogen-bond donors (Lipinski definition) is 2. The van der Waals surface area contributed by atoms with E-state index in [1.165, 1.54) is 0 Å². The summed E-state index contributed by atoms with van der Waals surface area (Å²) >= 11 is 0. The maximum Gasteiger partial charge on any atom is 0.225 e. The fourth-order valence-corrected chi connectivity index (χ4v) is 3.56. The Bertz CT molecular complexity index is 509.